The minimum absolute atomic E-state index is 0.00149. The quantitative estimate of drug-likeness (QED) is 0.205. The van der Waals surface area contributed by atoms with Crippen LogP contribution in [0.1, 0.15) is 69.2 Å². The fourth-order valence-corrected chi connectivity index (χ4v) is 6.23. The number of nitrogens with zero attached hydrogens (tertiary/aromatic N) is 2. The number of ether oxygens (including phenoxy) is 2. The van der Waals surface area contributed by atoms with Gasteiger partial charge in [0.1, 0.15) is 23.5 Å². The zero-order chi connectivity index (χ0) is 30.6. The van der Waals surface area contributed by atoms with Gasteiger partial charge in [0.05, 0.1) is 5.71 Å². The average molecular weight is 604 g/mol. The molecule has 0 bridgehead atoms. The van der Waals surface area contributed by atoms with Crippen LogP contribution >= 0.6 is 11.3 Å². The highest BCUT2D eigenvalue weighted by Gasteiger charge is 2.30. The summed E-state index contributed by atoms with van der Waals surface area (Å²) >= 11 is 1.59. The van der Waals surface area contributed by atoms with Crippen LogP contribution in [0.25, 0.3) is 0 Å². The summed E-state index contributed by atoms with van der Waals surface area (Å²) in [7, 11) is 0. The Morgan fingerprint density at radius 1 is 1.02 bits per heavy atom. The minimum atomic E-state index is -0.514. The number of nitrogens with one attached hydrogen (secondary N) is 2. The fourth-order valence-electron chi connectivity index (χ4n) is 5.55. The molecule has 0 saturated carbocycles. The molecule has 1 atom stereocenters. The molecule has 228 valence electrons. The maximum atomic E-state index is 13.5. The molecule has 2 aliphatic heterocycles. The summed E-state index contributed by atoms with van der Waals surface area (Å²) in [4.78, 5) is 29.8. The first-order valence-corrected chi connectivity index (χ1v) is 15.8. The van der Waals surface area contributed by atoms with Gasteiger partial charge in [-0.3, -0.25) is 15.1 Å². The summed E-state index contributed by atoms with van der Waals surface area (Å²) in [6.07, 6.45) is 3.33. The number of amides is 2. The molecule has 1 unspecified atom stereocenters. The Bertz CT molecular complexity index is 1420. The van der Waals surface area contributed by atoms with Crippen molar-refractivity contribution in [2.75, 3.05) is 37.2 Å². The molecule has 4 N–H and O–H groups in total. The van der Waals surface area contributed by atoms with Crippen LogP contribution in [0.5, 0.6) is 5.75 Å². The third-order valence-electron chi connectivity index (χ3n) is 7.74. The first kappa shape index (κ1) is 30.6. The van der Waals surface area contributed by atoms with Crippen molar-refractivity contribution in [1.82, 2.24) is 9.80 Å². The Kier molecular flexibility index (Phi) is 9.37. The molecule has 2 fully saturated rings. The van der Waals surface area contributed by atoms with E-state index in [2.05, 4.69) is 10.2 Å². The summed E-state index contributed by atoms with van der Waals surface area (Å²) < 4.78 is 11.7. The second-order valence-corrected chi connectivity index (χ2v) is 13.0. The Morgan fingerprint density at radius 3 is 2.35 bits per heavy atom. The van der Waals surface area contributed by atoms with Gasteiger partial charge in [-0.15, -0.1) is 0 Å². The monoisotopic (exact) mass is 603 g/mol. The first-order chi connectivity index (χ1) is 20.6. The van der Waals surface area contributed by atoms with Crippen molar-refractivity contribution in [3.63, 3.8) is 0 Å². The van der Waals surface area contributed by atoms with Crippen molar-refractivity contribution in [3.8, 4) is 5.75 Å². The molecular weight excluding hydrogens is 562 g/mol. The number of hydrogen-bond donors (Lipinski definition) is 3. The van der Waals surface area contributed by atoms with Crippen LogP contribution in [0.15, 0.2) is 59.3 Å². The number of benzene rings is 2. The van der Waals surface area contributed by atoms with E-state index in [4.69, 9.17) is 20.6 Å². The van der Waals surface area contributed by atoms with Crippen LogP contribution in [-0.4, -0.2) is 65.4 Å². The van der Waals surface area contributed by atoms with E-state index in [0.29, 0.717) is 41.3 Å². The van der Waals surface area contributed by atoms with E-state index >= 15 is 0 Å². The average Bonchev–Trinajstić information content (AvgIpc) is 3.70. The maximum Gasteiger partial charge on any atom is 0.410 e. The van der Waals surface area contributed by atoms with Crippen molar-refractivity contribution in [2.24, 2.45) is 0 Å². The topological polar surface area (TPSA) is 121 Å². The van der Waals surface area contributed by atoms with Gasteiger partial charge in [0.25, 0.3) is 0 Å². The third kappa shape index (κ3) is 7.74. The predicted molar refractivity (Wildman–Crippen MR) is 171 cm³/mol. The molecule has 2 aromatic carbocycles. The van der Waals surface area contributed by atoms with Crippen molar-refractivity contribution < 1.29 is 19.1 Å². The smallest absolute Gasteiger partial charge is 0.410 e. The molecule has 2 aliphatic rings. The molecule has 43 heavy (non-hydrogen) atoms. The third-order valence-corrected chi connectivity index (χ3v) is 8.44. The number of likely N-dealkylation sites (tertiary alicyclic amines) is 2. The first-order valence-electron chi connectivity index (χ1n) is 14.9. The highest BCUT2D eigenvalue weighted by Crippen LogP contribution is 2.30. The second kappa shape index (κ2) is 13.2. The molecule has 10 heteroatoms. The van der Waals surface area contributed by atoms with Crippen LogP contribution in [0.3, 0.4) is 0 Å². The summed E-state index contributed by atoms with van der Waals surface area (Å²) in [5.41, 5.74) is 9.36. The Morgan fingerprint density at radius 2 is 1.72 bits per heavy atom. The highest BCUT2D eigenvalue weighted by molar-refractivity contribution is 7.08. The molecule has 2 saturated heterocycles. The van der Waals surface area contributed by atoms with Crippen molar-refractivity contribution >= 4 is 40.4 Å². The van der Waals surface area contributed by atoms with Crippen molar-refractivity contribution in [1.29, 1.82) is 5.41 Å². The SMILES string of the molecule is CC(C)(C)OC(=O)N1CCC(Oc2ccc(C(=N)c3cc(NC(=O)C(c4ccsc4)N4CCCC4)ccc3N)cc2)CC1. The lowest BCUT2D eigenvalue weighted by Gasteiger charge is -2.33. The molecular formula is C33H41N5O4S. The van der Waals surface area contributed by atoms with E-state index in [-0.39, 0.29) is 29.9 Å². The van der Waals surface area contributed by atoms with Gasteiger partial charge in [-0.25, -0.2) is 4.79 Å². The van der Waals surface area contributed by atoms with Gasteiger partial charge < -0.3 is 25.4 Å². The number of thiophene rings is 1. The number of anilines is 2. The van der Waals surface area contributed by atoms with Crippen molar-refractivity contribution in [3.05, 3.63) is 76.0 Å². The van der Waals surface area contributed by atoms with Gasteiger partial charge in [-0.05, 0) is 112 Å². The summed E-state index contributed by atoms with van der Waals surface area (Å²) in [6, 6.07) is 14.4. The minimum Gasteiger partial charge on any atom is -0.490 e. The number of rotatable bonds is 8. The number of carbonyl (C=O) groups is 2. The Balaban J connectivity index is 1.20. The lowest BCUT2D eigenvalue weighted by molar-refractivity contribution is -0.121. The zero-order valence-electron chi connectivity index (χ0n) is 25.1. The number of carbonyl (C=O) groups excluding carboxylic acids is 2. The zero-order valence-corrected chi connectivity index (χ0v) is 25.9. The number of hydrogen-bond acceptors (Lipinski definition) is 8. The van der Waals surface area contributed by atoms with Gasteiger partial charge in [-0.1, -0.05) is 0 Å². The molecule has 0 spiro atoms. The molecule has 9 nitrogen and oxygen atoms in total. The highest BCUT2D eigenvalue weighted by atomic mass is 32.1. The maximum absolute atomic E-state index is 13.5. The fraction of sp³-hybridized carbons (Fsp3) is 0.424. The summed E-state index contributed by atoms with van der Waals surface area (Å²) in [5.74, 6) is 0.628. The van der Waals surface area contributed by atoms with E-state index in [1.165, 1.54) is 0 Å². The lowest BCUT2D eigenvalue weighted by Crippen LogP contribution is -2.44. The normalized spacial score (nSPS) is 17.0. The number of nitrogens with two attached hydrogens (primary N) is 1. The van der Waals surface area contributed by atoms with E-state index in [1.54, 1.807) is 34.4 Å². The molecule has 5 rings (SSSR count). The van der Waals surface area contributed by atoms with Crippen LogP contribution in [0.4, 0.5) is 16.2 Å². The van der Waals surface area contributed by atoms with E-state index in [9.17, 15) is 9.59 Å². The number of piperidine rings is 1. The molecule has 1 aromatic heterocycles. The van der Waals surface area contributed by atoms with Gasteiger partial charge in [-0.2, -0.15) is 11.3 Å². The van der Waals surface area contributed by atoms with E-state index in [0.717, 1.165) is 44.3 Å². The predicted octanol–water partition coefficient (Wildman–Crippen LogP) is 6.30. The van der Waals surface area contributed by atoms with Gasteiger partial charge >= 0.3 is 6.09 Å². The Hall–Kier alpha value is -3.89. The molecule has 3 heterocycles. The van der Waals surface area contributed by atoms with E-state index in [1.807, 2.05) is 61.9 Å². The molecule has 3 aromatic rings. The van der Waals surface area contributed by atoms with Crippen molar-refractivity contribution in [2.45, 2.75) is 64.2 Å². The lowest BCUT2D eigenvalue weighted by atomic mass is 10.00. The van der Waals surface area contributed by atoms with Crippen LogP contribution < -0.4 is 15.8 Å². The van der Waals surface area contributed by atoms with Gasteiger partial charge in [0.15, 0.2) is 0 Å². The molecule has 0 radical (unpaired) electrons. The number of nitrogen functional groups attached to an aromatic ring is 1. The Labute approximate surface area is 257 Å². The molecule has 2 amide bonds. The molecule has 0 aliphatic carbocycles. The van der Waals surface area contributed by atoms with Crippen LogP contribution in [0.2, 0.25) is 0 Å². The van der Waals surface area contributed by atoms with Crippen LogP contribution in [-0.2, 0) is 9.53 Å². The summed E-state index contributed by atoms with van der Waals surface area (Å²) in [6.45, 7) is 8.56. The van der Waals surface area contributed by atoms with Gasteiger partial charge in [0.2, 0.25) is 5.91 Å². The second-order valence-electron chi connectivity index (χ2n) is 12.2. The largest absolute Gasteiger partial charge is 0.490 e. The van der Waals surface area contributed by atoms with Gasteiger partial charge in [0, 0.05) is 48.4 Å². The van der Waals surface area contributed by atoms with E-state index < -0.39 is 5.60 Å². The standard InChI is InChI=1S/C33H41N5O4S/c1-33(2,3)42-32(40)38-17-12-26(13-18-38)41-25-9-6-22(7-10-25)29(35)27-20-24(8-11-28(27)34)36-31(39)30(23-14-19-43-21-23)37-15-4-5-16-37/h6-11,14,19-21,26,30,35H,4-5,12-13,15-18,34H2,1-3H3,(H,36,39). The van der Waals surface area contributed by atoms with Crippen LogP contribution in [0, 0.1) is 5.41 Å². The summed E-state index contributed by atoms with van der Waals surface area (Å²) in [5, 5.41) is 16.0.